The maximum Gasteiger partial charge on any atom is 0.291 e. The van der Waals surface area contributed by atoms with Crippen LogP contribution < -0.4 is 31.2 Å². The van der Waals surface area contributed by atoms with Crippen LogP contribution in [0.1, 0.15) is 42.2 Å². The van der Waals surface area contributed by atoms with Gasteiger partial charge in [0, 0.05) is 20.6 Å². The zero-order chi connectivity index (χ0) is 26.0. The predicted molar refractivity (Wildman–Crippen MR) is 136 cm³/mol. The standard InChI is InChI=1S/C25H29N5O6/c1-5-16(14-10-11-18-19(12-14)36-13-35-18)26-20-21(25(34)30(6-2)28-23(20)32)27-17-9-7-8-15(22(17)31)24(33)29(3)4/h7-12,16,26-27,31H,5-6,13H2,1-4H3,(H,28,32). The highest BCUT2D eigenvalue weighted by Crippen LogP contribution is 2.36. The molecule has 4 N–H and O–H groups in total. The van der Waals surface area contributed by atoms with Crippen LogP contribution in [0.5, 0.6) is 17.2 Å². The number of hydrogen-bond donors (Lipinski definition) is 4. The molecule has 0 aliphatic carbocycles. The lowest BCUT2D eigenvalue weighted by atomic mass is 10.0. The fourth-order valence-electron chi connectivity index (χ4n) is 3.98. The fraction of sp³-hybridized carbons (Fsp3) is 0.320. The molecule has 0 saturated heterocycles. The number of fused-ring (bicyclic) bond motifs is 1. The number of aromatic nitrogens is 2. The van der Waals surface area contributed by atoms with E-state index < -0.39 is 17.0 Å². The monoisotopic (exact) mass is 495 g/mol. The molecule has 2 heterocycles. The Bertz CT molecular complexity index is 1410. The Morgan fingerprint density at radius 3 is 2.58 bits per heavy atom. The lowest BCUT2D eigenvalue weighted by Crippen LogP contribution is -2.33. The van der Waals surface area contributed by atoms with Crippen molar-refractivity contribution in [1.29, 1.82) is 0 Å². The number of nitrogens with zero attached hydrogens (tertiary/aromatic N) is 2. The molecular formula is C25H29N5O6. The van der Waals surface area contributed by atoms with Gasteiger partial charge in [-0.1, -0.05) is 19.1 Å². The third kappa shape index (κ3) is 4.59. The Morgan fingerprint density at radius 2 is 1.89 bits per heavy atom. The van der Waals surface area contributed by atoms with Gasteiger partial charge in [0.1, 0.15) is 11.4 Å². The van der Waals surface area contributed by atoms with E-state index in [1.807, 2.05) is 19.1 Å². The Labute approximate surface area is 207 Å². The molecule has 11 nitrogen and oxygen atoms in total. The number of aromatic amines is 1. The zero-order valence-corrected chi connectivity index (χ0v) is 20.5. The van der Waals surface area contributed by atoms with Crippen LogP contribution in [0.2, 0.25) is 0 Å². The largest absolute Gasteiger partial charge is 0.505 e. The molecule has 3 aromatic rings. The number of rotatable bonds is 8. The van der Waals surface area contributed by atoms with Gasteiger partial charge < -0.3 is 30.1 Å². The van der Waals surface area contributed by atoms with Gasteiger partial charge in [-0.2, -0.15) is 0 Å². The summed E-state index contributed by atoms with van der Waals surface area (Å²) in [4.78, 5) is 40.2. The molecule has 1 atom stereocenters. The number of carbonyl (C=O) groups excluding carboxylic acids is 1. The van der Waals surface area contributed by atoms with Crippen LogP contribution in [0.3, 0.4) is 0 Å². The zero-order valence-electron chi connectivity index (χ0n) is 20.5. The first-order chi connectivity index (χ1) is 17.2. The minimum Gasteiger partial charge on any atom is -0.505 e. The molecule has 11 heteroatoms. The second-order valence-corrected chi connectivity index (χ2v) is 8.48. The molecule has 2 aromatic carbocycles. The van der Waals surface area contributed by atoms with Crippen LogP contribution in [0.15, 0.2) is 46.0 Å². The quantitative estimate of drug-likeness (QED) is 0.350. The van der Waals surface area contributed by atoms with Crippen LogP contribution in [-0.4, -0.2) is 46.6 Å². The number of H-pyrrole nitrogens is 1. The number of para-hydroxylation sites is 1. The van der Waals surface area contributed by atoms with Crippen molar-refractivity contribution in [2.45, 2.75) is 32.9 Å². The van der Waals surface area contributed by atoms with Crippen molar-refractivity contribution in [1.82, 2.24) is 14.7 Å². The maximum atomic E-state index is 13.3. The molecule has 0 bridgehead atoms. The van der Waals surface area contributed by atoms with Gasteiger partial charge in [0.2, 0.25) is 6.79 Å². The topological polar surface area (TPSA) is 138 Å². The van der Waals surface area contributed by atoms with Crippen molar-refractivity contribution in [2.75, 3.05) is 31.5 Å². The molecule has 0 radical (unpaired) electrons. The third-order valence-electron chi connectivity index (χ3n) is 5.95. The highest BCUT2D eigenvalue weighted by molar-refractivity contribution is 5.98. The lowest BCUT2D eigenvalue weighted by Gasteiger charge is -2.22. The summed E-state index contributed by atoms with van der Waals surface area (Å²) in [5.41, 5.74) is -0.0306. The molecule has 1 aromatic heterocycles. The van der Waals surface area contributed by atoms with Crippen molar-refractivity contribution >= 4 is 23.0 Å². The first-order valence-electron chi connectivity index (χ1n) is 11.6. The summed E-state index contributed by atoms with van der Waals surface area (Å²) < 4.78 is 12.0. The average Bonchev–Trinajstić information content (AvgIpc) is 3.34. The molecular weight excluding hydrogens is 466 g/mol. The highest BCUT2D eigenvalue weighted by atomic mass is 16.7. The van der Waals surface area contributed by atoms with Gasteiger partial charge in [0.15, 0.2) is 17.2 Å². The summed E-state index contributed by atoms with van der Waals surface area (Å²) in [5, 5.41) is 19.5. The first-order valence-corrected chi connectivity index (χ1v) is 11.6. The van der Waals surface area contributed by atoms with Crippen molar-refractivity contribution in [3.05, 3.63) is 68.2 Å². The molecule has 1 amide bonds. The van der Waals surface area contributed by atoms with Gasteiger partial charge in [0.25, 0.3) is 17.0 Å². The minimum atomic E-state index is -0.516. The SMILES string of the molecule is CCC(Nc1c(Nc2cccc(C(=O)N(C)C)c2O)c(=O)n(CC)[nH]c1=O)c1ccc2c(c1)OCO2. The number of phenolic OH excluding ortho intramolecular Hbond substituents is 1. The Morgan fingerprint density at radius 1 is 1.14 bits per heavy atom. The van der Waals surface area contributed by atoms with Crippen molar-refractivity contribution in [3.63, 3.8) is 0 Å². The summed E-state index contributed by atoms with van der Waals surface area (Å²) in [5.74, 6) is 0.517. The Hall–Kier alpha value is -4.41. The van der Waals surface area contributed by atoms with Gasteiger partial charge in [-0.25, -0.2) is 4.68 Å². The summed E-state index contributed by atoms with van der Waals surface area (Å²) in [7, 11) is 3.14. The highest BCUT2D eigenvalue weighted by Gasteiger charge is 2.23. The van der Waals surface area contributed by atoms with Crippen molar-refractivity contribution < 1.29 is 19.4 Å². The van der Waals surface area contributed by atoms with Gasteiger partial charge in [-0.15, -0.1) is 0 Å². The van der Waals surface area contributed by atoms with Crippen LogP contribution in [0.25, 0.3) is 0 Å². The van der Waals surface area contributed by atoms with E-state index in [-0.39, 0.29) is 47.8 Å². The number of amides is 1. The first kappa shape index (κ1) is 24.7. The molecule has 1 aliphatic heterocycles. The van der Waals surface area contributed by atoms with Crippen molar-refractivity contribution in [2.24, 2.45) is 0 Å². The van der Waals surface area contributed by atoms with E-state index in [1.165, 1.54) is 21.7 Å². The van der Waals surface area contributed by atoms with E-state index in [1.54, 1.807) is 33.2 Å². The molecule has 4 rings (SSSR count). The Balaban J connectivity index is 1.77. The number of aromatic hydroxyl groups is 1. The Kier molecular flexibility index (Phi) is 6.91. The number of ether oxygens (including phenoxy) is 2. The third-order valence-corrected chi connectivity index (χ3v) is 5.95. The van der Waals surface area contributed by atoms with E-state index in [0.29, 0.717) is 17.9 Å². The molecule has 1 unspecified atom stereocenters. The van der Waals surface area contributed by atoms with Crippen LogP contribution >= 0.6 is 0 Å². The minimum absolute atomic E-state index is 0.0120. The molecule has 36 heavy (non-hydrogen) atoms. The number of hydrogen-bond acceptors (Lipinski definition) is 8. The van der Waals surface area contributed by atoms with Gasteiger partial charge in [-0.3, -0.25) is 19.5 Å². The normalized spacial score (nSPS) is 12.8. The van der Waals surface area contributed by atoms with Gasteiger partial charge in [0.05, 0.1) is 17.3 Å². The van der Waals surface area contributed by atoms with E-state index in [2.05, 4.69) is 15.7 Å². The van der Waals surface area contributed by atoms with Crippen LogP contribution in [0.4, 0.5) is 17.1 Å². The van der Waals surface area contributed by atoms with E-state index in [9.17, 15) is 19.5 Å². The van der Waals surface area contributed by atoms with Gasteiger partial charge >= 0.3 is 0 Å². The molecule has 0 spiro atoms. The fourth-order valence-corrected chi connectivity index (χ4v) is 3.98. The number of phenols is 1. The molecule has 1 aliphatic rings. The van der Waals surface area contributed by atoms with Crippen molar-refractivity contribution in [3.8, 4) is 17.2 Å². The summed E-state index contributed by atoms with van der Waals surface area (Å²) >= 11 is 0. The molecule has 0 fully saturated rings. The number of aryl methyl sites for hydroxylation is 1. The van der Waals surface area contributed by atoms with Gasteiger partial charge in [-0.05, 0) is 43.2 Å². The number of carbonyl (C=O) groups is 1. The van der Waals surface area contributed by atoms with E-state index >= 15 is 0 Å². The number of anilines is 3. The maximum absolute atomic E-state index is 13.3. The molecule has 190 valence electrons. The lowest BCUT2D eigenvalue weighted by molar-refractivity contribution is 0.0824. The predicted octanol–water partition coefficient (Wildman–Crippen LogP) is 3.00. The average molecular weight is 496 g/mol. The van der Waals surface area contributed by atoms with Crippen LogP contribution in [-0.2, 0) is 6.54 Å². The summed E-state index contributed by atoms with van der Waals surface area (Å²) in [6.45, 7) is 4.04. The summed E-state index contributed by atoms with van der Waals surface area (Å²) in [6.07, 6.45) is 0.591. The summed E-state index contributed by atoms with van der Waals surface area (Å²) in [6, 6.07) is 9.75. The second kappa shape index (κ2) is 10.1. The van der Waals surface area contributed by atoms with Crippen LogP contribution in [0, 0.1) is 0 Å². The second-order valence-electron chi connectivity index (χ2n) is 8.48. The smallest absolute Gasteiger partial charge is 0.291 e. The number of nitrogens with one attached hydrogen (secondary N) is 3. The molecule has 0 saturated carbocycles. The van der Waals surface area contributed by atoms with E-state index in [0.717, 1.165) is 5.56 Å². The number of benzene rings is 2. The van der Waals surface area contributed by atoms with E-state index in [4.69, 9.17) is 9.47 Å².